The van der Waals surface area contributed by atoms with E-state index in [2.05, 4.69) is 17.3 Å². The first kappa shape index (κ1) is 16.2. The highest BCUT2D eigenvalue weighted by Gasteiger charge is 2.22. The molecule has 3 rings (SSSR count). The van der Waals surface area contributed by atoms with Gasteiger partial charge in [0.1, 0.15) is 31.9 Å². The molecule has 2 aromatic rings. The third kappa shape index (κ3) is 4.19. The number of hydrogen-bond donors (Lipinski definition) is 3. The number of ether oxygens (including phenoxy) is 1. The Kier molecular flexibility index (Phi) is 5.09. The first-order valence-corrected chi connectivity index (χ1v) is 8.94. The highest BCUT2D eigenvalue weighted by molar-refractivity contribution is 7.22. The second-order valence-electron chi connectivity index (χ2n) is 6.01. The van der Waals surface area contributed by atoms with E-state index in [4.69, 9.17) is 4.74 Å². The van der Waals surface area contributed by atoms with Gasteiger partial charge < -0.3 is 14.5 Å². The SMILES string of the molecule is CCOc1ccc2nc(NC(=O)C[NH+]3CC[NH+](C)CC3)sc2c1. The molecule has 1 aliphatic rings. The van der Waals surface area contributed by atoms with Crippen LogP contribution in [0.25, 0.3) is 10.2 Å². The van der Waals surface area contributed by atoms with Crippen LogP contribution in [0.2, 0.25) is 0 Å². The first-order chi connectivity index (χ1) is 11.1. The van der Waals surface area contributed by atoms with Crippen LogP contribution in [-0.4, -0.2) is 57.3 Å². The minimum atomic E-state index is 0.0450. The van der Waals surface area contributed by atoms with Crippen molar-refractivity contribution in [1.29, 1.82) is 0 Å². The Hall–Kier alpha value is -1.70. The molecule has 1 aliphatic heterocycles. The van der Waals surface area contributed by atoms with Crippen molar-refractivity contribution < 1.29 is 19.3 Å². The molecule has 23 heavy (non-hydrogen) atoms. The number of piperazine rings is 1. The van der Waals surface area contributed by atoms with Crippen LogP contribution >= 0.6 is 11.3 Å². The van der Waals surface area contributed by atoms with Gasteiger partial charge in [-0.25, -0.2) is 4.98 Å². The van der Waals surface area contributed by atoms with Crippen LogP contribution in [0.1, 0.15) is 6.92 Å². The fourth-order valence-electron chi connectivity index (χ4n) is 2.81. The largest absolute Gasteiger partial charge is 0.494 e. The zero-order chi connectivity index (χ0) is 16.2. The second kappa shape index (κ2) is 7.25. The third-order valence-electron chi connectivity index (χ3n) is 4.14. The summed E-state index contributed by atoms with van der Waals surface area (Å²) in [6, 6.07) is 5.81. The van der Waals surface area contributed by atoms with Gasteiger partial charge in [0.2, 0.25) is 0 Å². The molecule has 0 aliphatic carbocycles. The number of quaternary nitrogens is 2. The molecule has 1 aromatic heterocycles. The van der Waals surface area contributed by atoms with Crippen molar-refractivity contribution in [3.8, 4) is 5.75 Å². The van der Waals surface area contributed by atoms with Crippen LogP contribution in [0.15, 0.2) is 18.2 Å². The molecular weight excluding hydrogens is 312 g/mol. The number of fused-ring (bicyclic) bond motifs is 1. The molecule has 0 spiro atoms. The lowest BCUT2D eigenvalue weighted by Gasteiger charge is -2.26. The van der Waals surface area contributed by atoms with Crippen molar-refractivity contribution in [2.45, 2.75) is 6.92 Å². The Labute approximate surface area is 140 Å². The number of likely N-dealkylation sites (N-methyl/N-ethyl adjacent to an activating group) is 1. The van der Waals surface area contributed by atoms with Crippen molar-refractivity contribution in [3.05, 3.63) is 18.2 Å². The van der Waals surface area contributed by atoms with Crippen LogP contribution in [0.3, 0.4) is 0 Å². The van der Waals surface area contributed by atoms with Gasteiger partial charge in [-0.15, -0.1) is 0 Å². The smallest absolute Gasteiger partial charge is 0.281 e. The fraction of sp³-hybridized carbons (Fsp3) is 0.500. The number of carbonyl (C=O) groups excluding carboxylic acids is 1. The number of aromatic nitrogens is 1. The number of carbonyl (C=O) groups is 1. The number of rotatable bonds is 5. The molecule has 0 radical (unpaired) electrons. The molecule has 124 valence electrons. The molecule has 1 fully saturated rings. The van der Waals surface area contributed by atoms with Crippen molar-refractivity contribution in [1.82, 2.24) is 4.98 Å². The quantitative estimate of drug-likeness (QED) is 0.660. The zero-order valence-corrected chi connectivity index (χ0v) is 14.5. The molecule has 1 aromatic carbocycles. The highest BCUT2D eigenvalue weighted by Crippen LogP contribution is 2.29. The molecule has 0 saturated carbocycles. The number of benzene rings is 1. The summed E-state index contributed by atoms with van der Waals surface area (Å²) >= 11 is 1.49. The van der Waals surface area contributed by atoms with Crippen LogP contribution in [0, 0.1) is 0 Å². The van der Waals surface area contributed by atoms with Gasteiger partial charge in [-0.3, -0.25) is 10.1 Å². The van der Waals surface area contributed by atoms with E-state index < -0.39 is 0 Å². The monoisotopic (exact) mass is 336 g/mol. The fourth-order valence-corrected chi connectivity index (χ4v) is 3.72. The summed E-state index contributed by atoms with van der Waals surface area (Å²) in [6.45, 7) is 7.49. The van der Waals surface area contributed by atoms with Gasteiger partial charge in [0.05, 0.1) is 23.9 Å². The van der Waals surface area contributed by atoms with Crippen LogP contribution in [-0.2, 0) is 4.79 Å². The maximum atomic E-state index is 12.2. The summed E-state index contributed by atoms with van der Waals surface area (Å²) in [5, 5.41) is 3.61. The number of nitrogens with one attached hydrogen (secondary N) is 3. The summed E-state index contributed by atoms with van der Waals surface area (Å²) < 4.78 is 6.53. The predicted molar refractivity (Wildman–Crippen MR) is 91.6 cm³/mol. The Morgan fingerprint density at radius 3 is 2.87 bits per heavy atom. The van der Waals surface area contributed by atoms with Gasteiger partial charge in [-0.1, -0.05) is 11.3 Å². The molecule has 1 saturated heterocycles. The van der Waals surface area contributed by atoms with Gasteiger partial charge in [-0.2, -0.15) is 0 Å². The van der Waals surface area contributed by atoms with Crippen LogP contribution < -0.4 is 19.9 Å². The average Bonchev–Trinajstić information content (AvgIpc) is 2.91. The zero-order valence-electron chi connectivity index (χ0n) is 13.6. The second-order valence-corrected chi connectivity index (χ2v) is 7.04. The average molecular weight is 336 g/mol. The van der Waals surface area contributed by atoms with Crippen molar-refractivity contribution in [2.75, 3.05) is 51.7 Å². The third-order valence-corrected chi connectivity index (χ3v) is 5.07. The molecule has 2 heterocycles. The normalized spacial score (nSPS) is 21.3. The molecule has 6 nitrogen and oxygen atoms in total. The van der Waals surface area contributed by atoms with Gasteiger partial charge in [0, 0.05) is 0 Å². The Balaban J connectivity index is 1.60. The highest BCUT2D eigenvalue weighted by atomic mass is 32.1. The topological polar surface area (TPSA) is 60.1 Å². The molecule has 1 amide bonds. The van der Waals surface area contributed by atoms with E-state index in [1.54, 1.807) is 4.90 Å². The summed E-state index contributed by atoms with van der Waals surface area (Å²) in [4.78, 5) is 19.6. The number of thiazole rings is 1. The molecule has 0 unspecified atom stereocenters. The van der Waals surface area contributed by atoms with Crippen molar-refractivity contribution in [2.24, 2.45) is 0 Å². The van der Waals surface area contributed by atoms with Gasteiger partial charge in [0.25, 0.3) is 5.91 Å². The van der Waals surface area contributed by atoms with E-state index in [9.17, 15) is 4.79 Å². The van der Waals surface area contributed by atoms with E-state index in [1.165, 1.54) is 16.2 Å². The van der Waals surface area contributed by atoms with E-state index in [0.29, 0.717) is 18.3 Å². The number of amides is 1. The van der Waals surface area contributed by atoms with Crippen LogP contribution in [0.4, 0.5) is 5.13 Å². The minimum Gasteiger partial charge on any atom is -0.494 e. The molecular formula is C16H24N4O2S+2. The van der Waals surface area contributed by atoms with E-state index in [-0.39, 0.29) is 5.91 Å². The minimum absolute atomic E-state index is 0.0450. The lowest BCUT2D eigenvalue weighted by Crippen LogP contribution is -3.27. The summed E-state index contributed by atoms with van der Waals surface area (Å²) in [5.74, 6) is 0.884. The van der Waals surface area contributed by atoms with Crippen molar-refractivity contribution >= 4 is 32.6 Å². The Bertz CT molecular complexity index is 680. The molecule has 0 bridgehead atoms. The first-order valence-electron chi connectivity index (χ1n) is 8.12. The van der Waals surface area contributed by atoms with Gasteiger partial charge in [0.15, 0.2) is 11.7 Å². The maximum Gasteiger partial charge on any atom is 0.281 e. The molecule has 3 N–H and O–H groups in total. The van der Waals surface area contributed by atoms with Crippen molar-refractivity contribution in [3.63, 3.8) is 0 Å². The Morgan fingerprint density at radius 2 is 2.13 bits per heavy atom. The predicted octanol–water partition coefficient (Wildman–Crippen LogP) is -0.953. The lowest BCUT2D eigenvalue weighted by atomic mass is 10.3. The van der Waals surface area contributed by atoms with E-state index >= 15 is 0 Å². The summed E-state index contributed by atoms with van der Waals surface area (Å²) in [7, 11) is 2.20. The van der Waals surface area contributed by atoms with Crippen LogP contribution in [0.5, 0.6) is 5.75 Å². The number of hydrogen-bond acceptors (Lipinski definition) is 4. The maximum absolute atomic E-state index is 12.2. The molecule has 7 heteroatoms. The number of nitrogens with zero attached hydrogens (tertiary/aromatic N) is 1. The number of anilines is 1. The van der Waals surface area contributed by atoms with Gasteiger partial charge in [-0.05, 0) is 25.1 Å². The Morgan fingerprint density at radius 1 is 1.35 bits per heavy atom. The summed E-state index contributed by atoms with van der Waals surface area (Å²) in [5.41, 5.74) is 0.893. The molecule has 0 atom stereocenters. The van der Waals surface area contributed by atoms with E-state index in [0.717, 1.165) is 42.1 Å². The van der Waals surface area contributed by atoms with Gasteiger partial charge >= 0.3 is 0 Å². The standard InChI is InChI=1S/C16H22N4O2S/c1-3-22-12-4-5-13-14(10-12)23-16(17-13)18-15(21)11-20-8-6-19(2)7-9-20/h4-5,10H,3,6-9,11H2,1-2H3,(H,17,18,21)/p+2. The van der Waals surface area contributed by atoms with E-state index in [1.807, 2.05) is 25.1 Å². The lowest BCUT2D eigenvalue weighted by molar-refractivity contribution is -0.999. The summed E-state index contributed by atoms with van der Waals surface area (Å²) in [6.07, 6.45) is 0.